The summed E-state index contributed by atoms with van der Waals surface area (Å²) < 4.78 is 38.7. The van der Waals surface area contributed by atoms with Gasteiger partial charge in [0.15, 0.2) is 0 Å². The Kier molecular flexibility index (Phi) is 5.45. The van der Waals surface area contributed by atoms with E-state index >= 15 is 0 Å². The smallest absolute Gasteiger partial charge is 0.390 e. The number of aryl methyl sites for hydroxylation is 1. The van der Waals surface area contributed by atoms with Gasteiger partial charge in [-0.05, 0) is 36.8 Å². The molecule has 0 aliphatic heterocycles. The van der Waals surface area contributed by atoms with Crippen molar-refractivity contribution in [3.05, 3.63) is 47.8 Å². The number of nitrogens with zero attached hydrogens (tertiary/aromatic N) is 3. The van der Waals surface area contributed by atoms with Gasteiger partial charge in [0.25, 0.3) is 5.91 Å². The fourth-order valence-corrected chi connectivity index (χ4v) is 2.17. The monoisotopic (exact) mass is 355 g/mol. The van der Waals surface area contributed by atoms with Crippen molar-refractivity contribution in [2.75, 3.05) is 13.1 Å². The Balaban J connectivity index is 2.15. The molecule has 134 valence electrons. The second-order valence-corrected chi connectivity index (χ2v) is 5.49. The molecule has 2 rings (SSSR count). The first-order valence-electron chi connectivity index (χ1n) is 7.35. The second kappa shape index (κ2) is 7.37. The summed E-state index contributed by atoms with van der Waals surface area (Å²) in [6, 6.07) is 6.03. The first kappa shape index (κ1) is 18.5. The van der Waals surface area contributed by atoms with Crippen LogP contribution in [0.2, 0.25) is 0 Å². The molecule has 0 radical (unpaired) electrons. The molecule has 0 fully saturated rings. The number of hydrogen-bond acceptors (Lipinski definition) is 3. The van der Waals surface area contributed by atoms with E-state index in [0.717, 1.165) is 5.56 Å². The minimum absolute atomic E-state index is 0.107. The van der Waals surface area contributed by atoms with Crippen molar-refractivity contribution in [1.29, 1.82) is 0 Å². The van der Waals surface area contributed by atoms with E-state index < -0.39 is 37.6 Å². The predicted octanol–water partition coefficient (Wildman–Crippen LogP) is 2.66. The number of amides is 1. The van der Waals surface area contributed by atoms with Crippen LogP contribution in [0.1, 0.15) is 22.3 Å². The summed E-state index contributed by atoms with van der Waals surface area (Å²) in [5, 5.41) is 12.9. The number of carbonyl (C=O) groups is 2. The average Bonchev–Trinajstić information content (AvgIpc) is 2.96. The van der Waals surface area contributed by atoms with E-state index in [0.29, 0.717) is 10.6 Å². The molecule has 25 heavy (non-hydrogen) atoms. The lowest BCUT2D eigenvalue weighted by Crippen LogP contribution is -2.38. The highest BCUT2D eigenvalue weighted by Crippen LogP contribution is 2.20. The van der Waals surface area contributed by atoms with Gasteiger partial charge in [-0.15, -0.1) is 0 Å². The largest absolute Gasteiger partial charge is 0.480 e. The van der Waals surface area contributed by atoms with Gasteiger partial charge in [0.1, 0.15) is 6.54 Å². The quantitative estimate of drug-likeness (QED) is 0.864. The highest BCUT2D eigenvalue weighted by atomic mass is 19.4. The zero-order valence-electron chi connectivity index (χ0n) is 13.3. The van der Waals surface area contributed by atoms with Crippen LogP contribution >= 0.6 is 0 Å². The Morgan fingerprint density at radius 2 is 1.88 bits per heavy atom. The van der Waals surface area contributed by atoms with Gasteiger partial charge < -0.3 is 10.0 Å². The van der Waals surface area contributed by atoms with E-state index in [4.69, 9.17) is 5.11 Å². The van der Waals surface area contributed by atoms with E-state index in [1.165, 1.54) is 12.1 Å². The van der Waals surface area contributed by atoms with E-state index in [9.17, 15) is 22.8 Å². The molecule has 0 atom stereocenters. The van der Waals surface area contributed by atoms with Gasteiger partial charge in [-0.25, -0.2) is 4.68 Å². The average molecular weight is 355 g/mol. The van der Waals surface area contributed by atoms with E-state index in [1.54, 1.807) is 29.2 Å². The number of aliphatic carboxylic acids is 1. The summed E-state index contributed by atoms with van der Waals surface area (Å²) in [5.74, 6) is -2.14. The van der Waals surface area contributed by atoms with Crippen molar-refractivity contribution in [1.82, 2.24) is 14.7 Å². The summed E-state index contributed by atoms with van der Waals surface area (Å²) in [7, 11) is 0. The van der Waals surface area contributed by atoms with Crippen LogP contribution in [0.15, 0.2) is 36.7 Å². The maximum atomic E-state index is 12.4. The van der Waals surface area contributed by atoms with E-state index in [2.05, 4.69) is 5.10 Å². The van der Waals surface area contributed by atoms with Crippen LogP contribution in [-0.2, 0) is 4.79 Å². The number of carboxylic acids is 1. The molecule has 1 heterocycles. The Morgan fingerprint density at radius 3 is 2.36 bits per heavy atom. The van der Waals surface area contributed by atoms with Crippen LogP contribution in [0, 0.1) is 6.92 Å². The Bertz CT molecular complexity index is 754. The molecule has 1 aromatic heterocycles. The summed E-state index contributed by atoms with van der Waals surface area (Å²) >= 11 is 0. The molecule has 0 aliphatic carbocycles. The van der Waals surface area contributed by atoms with Crippen molar-refractivity contribution in [3.63, 3.8) is 0 Å². The number of hydrogen-bond donors (Lipinski definition) is 1. The van der Waals surface area contributed by atoms with Gasteiger partial charge in [-0.3, -0.25) is 9.59 Å². The van der Waals surface area contributed by atoms with Crippen molar-refractivity contribution >= 4 is 11.9 Å². The summed E-state index contributed by atoms with van der Waals surface area (Å²) in [6.45, 7) is 0.357. The number of carboxylic acid groups (broad SMARTS) is 1. The normalized spacial score (nSPS) is 11.4. The predicted molar refractivity (Wildman–Crippen MR) is 82.5 cm³/mol. The summed E-state index contributed by atoms with van der Waals surface area (Å²) in [4.78, 5) is 23.8. The number of benzene rings is 1. The van der Waals surface area contributed by atoms with Gasteiger partial charge in [0.05, 0.1) is 18.3 Å². The van der Waals surface area contributed by atoms with Crippen LogP contribution in [0.3, 0.4) is 0 Å². The lowest BCUT2D eigenvalue weighted by Gasteiger charge is -2.21. The Labute approximate surface area is 141 Å². The molecular formula is C16H16F3N3O3. The van der Waals surface area contributed by atoms with E-state index in [-0.39, 0.29) is 5.56 Å². The maximum absolute atomic E-state index is 12.4. The first-order chi connectivity index (χ1) is 11.7. The molecular weight excluding hydrogens is 339 g/mol. The molecule has 0 unspecified atom stereocenters. The molecule has 0 saturated carbocycles. The summed E-state index contributed by atoms with van der Waals surface area (Å²) in [6.07, 6.45) is -2.31. The van der Waals surface area contributed by atoms with Gasteiger partial charge >= 0.3 is 12.1 Å². The Hall–Kier alpha value is -2.84. The first-order valence-corrected chi connectivity index (χ1v) is 7.35. The molecule has 2 aromatic rings. The van der Waals surface area contributed by atoms with Crippen LogP contribution in [0.5, 0.6) is 0 Å². The minimum atomic E-state index is -4.47. The molecule has 0 bridgehead atoms. The molecule has 0 aliphatic rings. The van der Waals surface area contributed by atoms with Crippen LogP contribution in [0.4, 0.5) is 13.2 Å². The molecule has 1 amide bonds. The number of aromatic nitrogens is 2. The van der Waals surface area contributed by atoms with Crippen molar-refractivity contribution in [3.8, 4) is 5.69 Å². The number of halogens is 3. The molecule has 6 nitrogen and oxygen atoms in total. The van der Waals surface area contributed by atoms with Crippen LogP contribution < -0.4 is 0 Å². The molecule has 0 spiro atoms. The highest BCUT2D eigenvalue weighted by Gasteiger charge is 2.30. The lowest BCUT2D eigenvalue weighted by atomic mass is 10.1. The zero-order valence-corrected chi connectivity index (χ0v) is 13.3. The van der Waals surface area contributed by atoms with E-state index in [1.807, 2.05) is 6.92 Å². The summed E-state index contributed by atoms with van der Waals surface area (Å²) in [5.41, 5.74) is 1.72. The van der Waals surface area contributed by atoms with Gasteiger partial charge in [0.2, 0.25) is 0 Å². The molecule has 1 aromatic carbocycles. The van der Waals surface area contributed by atoms with Crippen molar-refractivity contribution in [2.24, 2.45) is 0 Å². The van der Waals surface area contributed by atoms with Gasteiger partial charge in [0, 0.05) is 18.3 Å². The van der Waals surface area contributed by atoms with Crippen LogP contribution in [-0.4, -0.2) is 50.9 Å². The highest BCUT2D eigenvalue weighted by molar-refractivity contribution is 5.96. The molecule has 9 heteroatoms. The maximum Gasteiger partial charge on any atom is 0.390 e. The van der Waals surface area contributed by atoms with Crippen molar-refractivity contribution < 1.29 is 27.9 Å². The fraction of sp³-hybridized carbons (Fsp3) is 0.312. The molecule has 0 saturated heterocycles. The lowest BCUT2D eigenvalue weighted by molar-refractivity contribution is -0.143. The zero-order chi connectivity index (χ0) is 18.6. The standard InChI is InChI=1S/C16H16F3N3O3/c1-11-8-20-22(9-11)13-4-2-12(3-5-13)15(25)21(10-14(23)24)7-6-16(17,18)19/h2-5,8-9H,6-7,10H2,1H3,(H,23,24). The second-order valence-electron chi connectivity index (χ2n) is 5.49. The van der Waals surface area contributed by atoms with Crippen molar-refractivity contribution in [2.45, 2.75) is 19.5 Å². The van der Waals surface area contributed by atoms with Gasteiger partial charge in [-0.1, -0.05) is 0 Å². The molecule has 1 N–H and O–H groups in total. The Morgan fingerprint density at radius 1 is 1.24 bits per heavy atom. The number of rotatable bonds is 6. The van der Waals surface area contributed by atoms with Crippen LogP contribution in [0.25, 0.3) is 5.69 Å². The number of alkyl halides is 3. The third-order valence-corrected chi connectivity index (χ3v) is 3.37. The SMILES string of the molecule is Cc1cnn(-c2ccc(C(=O)N(CCC(F)(F)F)CC(=O)O)cc2)c1. The minimum Gasteiger partial charge on any atom is -0.480 e. The topological polar surface area (TPSA) is 75.4 Å². The third kappa shape index (κ3) is 5.33. The van der Waals surface area contributed by atoms with Gasteiger partial charge in [-0.2, -0.15) is 18.3 Å². The fourth-order valence-electron chi connectivity index (χ4n) is 2.17. The number of carbonyl (C=O) groups excluding carboxylic acids is 1. The third-order valence-electron chi connectivity index (χ3n) is 3.37.